The molecule has 1 saturated heterocycles. The highest BCUT2D eigenvalue weighted by molar-refractivity contribution is 5.77. The summed E-state index contributed by atoms with van der Waals surface area (Å²) >= 11 is 0. The SMILES string of the molecule is CC(C)C1CC1c1nc(-c2ccc(OC(F)(F)F)cc2)cc(N2CCC(C(N)=O)CC2)n1. The van der Waals surface area contributed by atoms with Crippen molar-refractivity contribution in [2.45, 2.75) is 45.4 Å². The van der Waals surface area contributed by atoms with E-state index in [9.17, 15) is 18.0 Å². The molecule has 2 fully saturated rings. The topological polar surface area (TPSA) is 81.3 Å². The molecule has 1 aliphatic carbocycles. The molecule has 6 nitrogen and oxygen atoms in total. The van der Waals surface area contributed by atoms with E-state index in [2.05, 4.69) is 23.5 Å². The van der Waals surface area contributed by atoms with Crippen LogP contribution in [0.3, 0.4) is 0 Å². The van der Waals surface area contributed by atoms with Crippen LogP contribution in [0.25, 0.3) is 11.3 Å². The molecule has 172 valence electrons. The molecular weight excluding hydrogens is 421 g/mol. The van der Waals surface area contributed by atoms with Crippen molar-refractivity contribution in [3.63, 3.8) is 0 Å². The second kappa shape index (κ2) is 8.60. The number of benzene rings is 1. The molecule has 2 atom stereocenters. The summed E-state index contributed by atoms with van der Waals surface area (Å²) in [6, 6.07) is 7.58. The molecule has 1 aromatic carbocycles. The molecule has 2 heterocycles. The van der Waals surface area contributed by atoms with Gasteiger partial charge >= 0.3 is 6.36 Å². The third-order valence-electron chi connectivity index (χ3n) is 6.36. The third kappa shape index (κ3) is 5.14. The van der Waals surface area contributed by atoms with Crippen molar-refractivity contribution >= 4 is 11.7 Å². The van der Waals surface area contributed by atoms with Gasteiger partial charge in [-0.2, -0.15) is 0 Å². The second-order valence-electron chi connectivity index (χ2n) is 8.96. The van der Waals surface area contributed by atoms with Crippen LogP contribution in [-0.2, 0) is 4.79 Å². The van der Waals surface area contributed by atoms with Gasteiger partial charge < -0.3 is 15.4 Å². The summed E-state index contributed by atoms with van der Waals surface area (Å²) in [5, 5.41) is 0. The fraction of sp³-hybridized carbons (Fsp3) is 0.522. The number of hydrogen-bond acceptors (Lipinski definition) is 5. The Morgan fingerprint density at radius 3 is 2.34 bits per heavy atom. The first-order valence-corrected chi connectivity index (χ1v) is 10.9. The van der Waals surface area contributed by atoms with E-state index in [1.165, 1.54) is 12.1 Å². The zero-order valence-corrected chi connectivity index (χ0v) is 18.1. The highest BCUT2D eigenvalue weighted by Crippen LogP contribution is 2.51. The minimum atomic E-state index is -4.73. The second-order valence-corrected chi connectivity index (χ2v) is 8.96. The van der Waals surface area contributed by atoms with Gasteiger partial charge in [0.05, 0.1) is 5.69 Å². The monoisotopic (exact) mass is 448 g/mol. The molecular formula is C23H27F3N4O2. The smallest absolute Gasteiger partial charge is 0.406 e. The fourth-order valence-electron chi connectivity index (χ4n) is 4.40. The van der Waals surface area contributed by atoms with Crippen LogP contribution >= 0.6 is 0 Å². The Hall–Kier alpha value is -2.84. The first kappa shape index (κ1) is 22.4. The van der Waals surface area contributed by atoms with Gasteiger partial charge in [0.25, 0.3) is 0 Å². The summed E-state index contributed by atoms with van der Waals surface area (Å²) < 4.78 is 41.4. The molecule has 0 radical (unpaired) electrons. The van der Waals surface area contributed by atoms with Gasteiger partial charge in [0.2, 0.25) is 5.91 Å². The summed E-state index contributed by atoms with van der Waals surface area (Å²) in [6.07, 6.45) is -2.36. The number of halogens is 3. The molecule has 1 aliphatic heterocycles. The van der Waals surface area contributed by atoms with Crippen molar-refractivity contribution < 1.29 is 22.7 Å². The number of aromatic nitrogens is 2. The highest BCUT2D eigenvalue weighted by Gasteiger charge is 2.43. The first-order chi connectivity index (χ1) is 15.1. The lowest BCUT2D eigenvalue weighted by molar-refractivity contribution is -0.274. The van der Waals surface area contributed by atoms with Crippen molar-refractivity contribution in [3.05, 3.63) is 36.2 Å². The molecule has 2 unspecified atom stereocenters. The van der Waals surface area contributed by atoms with E-state index in [0.29, 0.717) is 49.0 Å². The number of nitrogens with two attached hydrogens (primary N) is 1. The standard InChI is InChI=1S/C23H27F3N4O2/c1-13(2)17-11-18(17)22-28-19(14-3-5-16(6-4-14)32-23(24,25)26)12-20(29-22)30-9-7-15(8-10-30)21(27)31/h3-6,12-13,15,17-18H,7-11H2,1-2H3,(H2,27,31). The van der Waals surface area contributed by atoms with Crippen molar-refractivity contribution in [1.82, 2.24) is 9.97 Å². The van der Waals surface area contributed by atoms with E-state index in [4.69, 9.17) is 15.7 Å². The average molecular weight is 448 g/mol. The number of hydrogen-bond donors (Lipinski definition) is 1. The number of nitrogens with zero attached hydrogens (tertiary/aromatic N) is 3. The number of carbonyl (C=O) groups is 1. The van der Waals surface area contributed by atoms with Gasteiger partial charge in [0.15, 0.2) is 0 Å². The van der Waals surface area contributed by atoms with Crippen molar-refractivity contribution in [1.29, 1.82) is 0 Å². The van der Waals surface area contributed by atoms with Crippen LogP contribution in [0, 0.1) is 17.8 Å². The summed E-state index contributed by atoms with van der Waals surface area (Å²) in [6.45, 7) is 5.70. The third-order valence-corrected chi connectivity index (χ3v) is 6.36. The highest BCUT2D eigenvalue weighted by atomic mass is 19.4. The van der Waals surface area contributed by atoms with Gasteiger partial charge in [0.1, 0.15) is 17.4 Å². The largest absolute Gasteiger partial charge is 0.573 e. The van der Waals surface area contributed by atoms with Gasteiger partial charge in [-0.15, -0.1) is 13.2 Å². The Bertz CT molecular complexity index is 970. The predicted molar refractivity (Wildman–Crippen MR) is 114 cm³/mol. The number of amides is 1. The Morgan fingerprint density at radius 1 is 1.16 bits per heavy atom. The van der Waals surface area contributed by atoms with E-state index in [1.54, 1.807) is 12.1 Å². The fourth-order valence-corrected chi connectivity index (χ4v) is 4.40. The lowest BCUT2D eigenvalue weighted by Gasteiger charge is -2.31. The lowest BCUT2D eigenvalue weighted by Crippen LogP contribution is -2.39. The molecule has 2 aromatic rings. The van der Waals surface area contributed by atoms with Gasteiger partial charge in [-0.05, 0) is 55.4 Å². The van der Waals surface area contributed by atoms with Crippen LogP contribution in [0.1, 0.15) is 44.9 Å². The molecule has 1 aromatic heterocycles. The minimum Gasteiger partial charge on any atom is -0.406 e. The van der Waals surface area contributed by atoms with Crippen molar-refractivity contribution in [3.8, 4) is 17.0 Å². The molecule has 4 rings (SSSR count). The van der Waals surface area contributed by atoms with Crippen molar-refractivity contribution in [2.75, 3.05) is 18.0 Å². The lowest BCUT2D eigenvalue weighted by atomic mass is 9.96. The number of rotatable bonds is 6. The van der Waals surface area contributed by atoms with Crippen molar-refractivity contribution in [2.24, 2.45) is 23.5 Å². The number of piperidine rings is 1. The summed E-state index contributed by atoms with van der Waals surface area (Å²) in [7, 11) is 0. The molecule has 9 heteroatoms. The molecule has 0 bridgehead atoms. The van der Waals surface area contributed by atoms with Crippen LogP contribution in [0.5, 0.6) is 5.75 Å². The Labute approximate surface area is 185 Å². The molecule has 2 N–H and O–H groups in total. The maximum Gasteiger partial charge on any atom is 0.573 e. The van der Waals surface area contributed by atoms with Crippen LogP contribution < -0.4 is 15.4 Å². The van der Waals surface area contributed by atoms with E-state index in [-0.39, 0.29) is 23.5 Å². The van der Waals surface area contributed by atoms with Gasteiger partial charge in [-0.3, -0.25) is 4.79 Å². The molecule has 32 heavy (non-hydrogen) atoms. The molecule has 1 amide bonds. The van der Waals surface area contributed by atoms with Gasteiger partial charge in [-0.1, -0.05) is 13.8 Å². The number of ether oxygens (including phenoxy) is 1. The van der Waals surface area contributed by atoms with Gasteiger partial charge in [0, 0.05) is 36.6 Å². The minimum absolute atomic E-state index is 0.123. The average Bonchev–Trinajstić information content (AvgIpc) is 3.54. The van der Waals surface area contributed by atoms with Gasteiger partial charge in [-0.25, -0.2) is 9.97 Å². The number of carbonyl (C=O) groups excluding carboxylic acids is 1. The van der Waals surface area contributed by atoms with Crippen LogP contribution in [0.4, 0.5) is 19.0 Å². The van der Waals surface area contributed by atoms with Crippen LogP contribution in [0.15, 0.2) is 30.3 Å². The molecule has 1 saturated carbocycles. The Morgan fingerprint density at radius 2 is 1.81 bits per heavy atom. The number of primary amides is 1. The quantitative estimate of drug-likeness (QED) is 0.704. The molecule has 2 aliphatic rings. The van der Waals surface area contributed by atoms with E-state index >= 15 is 0 Å². The van der Waals surface area contributed by atoms with Crippen LogP contribution in [0.2, 0.25) is 0 Å². The van der Waals surface area contributed by atoms with E-state index in [1.807, 2.05) is 6.07 Å². The number of alkyl halides is 3. The Kier molecular flexibility index (Phi) is 6.01. The normalized spacial score (nSPS) is 21.6. The van der Waals surface area contributed by atoms with E-state index in [0.717, 1.165) is 18.1 Å². The van der Waals surface area contributed by atoms with Crippen LogP contribution in [-0.4, -0.2) is 35.3 Å². The Balaban J connectivity index is 1.62. The first-order valence-electron chi connectivity index (χ1n) is 10.9. The summed E-state index contributed by atoms with van der Waals surface area (Å²) in [4.78, 5) is 23.2. The summed E-state index contributed by atoms with van der Waals surface area (Å²) in [5.41, 5.74) is 6.81. The summed E-state index contributed by atoms with van der Waals surface area (Å²) in [5.74, 6) is 2.22. The predicted octanol–water partition coefficient (Wildman–Crippen LogP) is 4.50. The molecule has 0 spiro atoms. The van der Waals surface area contributed by atoms with E-state index < -0.39 is 6.36 Å². The maximum atomic E-state index is 12.5. The maximum absolute atomic E-state index is 12.5. The zero-order valence-electron chi connectivity index (χ0n) is 18.1. The number of anilines is 1. The zero-order chi connectivity index (χ0) is 23.0.